The SMILES string of the molecule is Nc1ccc(NC(=O)c2ccc3nc(C=O)cn3c2)cc1. The summed E-state index contributed by atoms with van der Waals surface area (Å²) in [6.45, 7) is 0. The van der Waals surface area contributed by atoms with Gasteiger partial charge in [0.15, 0.2) is 6.29 Å². The molecule has 0 aliphatic carbocycles. The normalized spacial score (nSPS) is 10.5. The molecule has 6 heteroatoms. The Morgan fingerprint density at radius 2 is 1.90 bits per heavy atom. The van der Waals surface area contributed by atoms with Gasteiger partial charge in [-0.1, -0.05) is 0 Å². The lowest BCUT2D eigenvalue weighted by Crippen LogP contribution is -2.12. The monoisotopic (exact) mass is 280 g/mol. The lowest BCUT2D eigenvalue weighted by molar-refractivity contribution is 0.102. The van der Waals surface area contributed by atoms with Crippen molar-refractivity contribution in [2.75, 3.05) is 11.1 Å². The van der Waals surface area contributed by atoms with Gasteiger partial charge in [-0.2, -0.15) is 0 Å². The van der Waals surface area contributed by atoms with Crippen LogP contribution in [-0.2, 0) is 0 Å². The van der Waals surface area contributed by atoms with Crippen LogP contribution in [0, 0.1) is 0 Å². The third-order valence-electron chi connectivity index (χ3n) is 3.02. The Morgan fingerprint density at radius 1 is 1.14 bits per heavy atom. The Kier molecular flexibility index (Phi) is 3.12. The molecule has 0 radical (unpaired) electrons. The highest BCUT2D eigenvalue weighted by atomic mass is 16.1. The number of anilines is 2. The van der Waals surface area contributed by atoms with E-state index in [0.29, 0.717) is 34.6 Å². The molecular weight excluding hydrogens is 268 g/mol. The number of hydrogen-bond acceptors (Lipinski definition) is 4. The number of nitrogens with two attached hydrogens (primary N) is 1. The lowest BCUT2D eigenvalue weighted by Gasteiger charge is -2.06. The van der Waals surface area contributed by atoms with E-state index in [0.717, 1.165) is 0 Å². The highest BCUT2D eigenvalue weighted by Gasteiger charge is 2.08. The number of aromatic nitrogens is 2. The predicted molar refractivity (Wildman–Crippen MR) is 79.4 cm³/mol. The van der Waals surface area contributed by atoms with Crippen LogP contribution in [0.15, 0.2) is 48.8 Å². The molecule has 21 heavy (non-hydrogen) atoms. The van der Waals surface area contributed by atoms with Gasteiger partial charge in [-0.05, 0) is 36.4 Å². The van der Waals surface area contributed by atoms with E-state index in [9.17, 15) is 9.59 Å². The van der Waals surface area contributed by atoms with E-state index < -0.39 is 0 Å². The Bertz CT molecular complexity index is 821. The van der Waals surface area contributed by atoms with Crippen molar-refractivity contribution >= 4 is 29.2 Å². The Balaban J connectivity index is 1.86. The topological polar surface area (TPSA) is 89.5 Å². The number of nitrogens with one attached hydrogen (secondary N) is 1. The van der Waals surface area contributed by atoms with Crippen LogP contribution in [-0.4, -0.2) is 21.6 Å². The highest BCUT2D eigenvalue weighted by Crippen LogP contribution is 2.13. The molecule has 0 saturated heterocycles. The number of pyridine rings is 1. The first-order chi connectivity index (χ1) is 10.2. The van der Waals surface area contributed by atoms with Crippen LogP contribution in [0.25, 0.3) is 5.65 Å². The van der Waals surface area contributed by atoms with Crippen LogP contribution in [0.5, 0.6) is 0 Å². The molecule has 0 spiro atoms. The molecule has 3 aromatic rings. The number of amides is 1. The molecule has 0 aliphatic rings. The minimum Gasteiger partial charge on any atom is -0.399 e. The summed E-state index contributed by atoms with van der Waals surface area (Å²) in [5.41, 5.74) is 8.29. The second-order valence-corrected chi connectivity index (χ2v) is 4.54. The highest BCUT2D eigenvalue weighted by molar-refractivity contribution is 6.04. The van der Waals surface area contributed by atoms with Crippen molar-refractivity contribution in [1.82, 2.24) is 9.38 Å². The Labute approximate surface area is 120 Å². The number of rotatable bonds is 3. The summed E-state index contributed by atoms with van der Waals surface area (Å²) in [4.78, 5) is 26.9. The van der Waals surface area contributed by atoms with Crippen LogP contribution < -0.4 is 11.1 Å². The smallest absolute Gasteiger partial charge is 0.257 e. The van der Waals surface area contributed by atoms with Crippen molar-refractivity contribution in [2.24, 2.45) is 0 Å². The second-order valence-electron chi connectivity index (χ2n) is 4.54. The molecule has 0 unspecified atom stereocenters. The molecule has 0 aliphatic heterocycles. The van der Waals surface area contributed by atoms with Gasteiger partial charge in [0.05, 0.1) is 5.56 Å². The molecule has 1 aromatic carbocycles. The number of imidazole rings is 1. The van der Waals surface area contributed by atoms with Crippen LogP contribution in [0.1, 0.15) is 20.8 Å². The molecule has 0 fully saturated rings. The van der Waals surface area contributed by atoms with Crippen molar-refractivity contribution in [3.05, 3.63) is 60.0 Å². The van der Waals surface area contributed by atoms with Crippen molar-refractivity contribution in [1.29, 1.82) is 0 Å². The summed E-state index contributed by atoms with van der Waals surface area (Å²) in [5.74, 6) is -0.247. The number of hydrogen-bond donors (Lipinski definition) is 2. The van der Waals surface area contributed by atoms with Crippen molar-refractivity contribution in [3.63, 3.8) is 0 Å². The molecule has 3 rings (SSSR count). The van der Waals surface area contributed by atoms with E-state index in [1.165, 1.54) is 0 Å². The first-order valence-corrected chi connectivity index (χ1v) is 6.26. The average molecular weight is 280 g/mol. The van der Waals surface area contributed by atoms with E-state index in [1.54, 1.807) is 53.2 Å². The maximum absolute atomic E-state index is 12.2. The molecule has 104 valence electrons. The molecule has 1 amide bonds. The van der Waals surface area contributed by atoms with E-state index >= 15 is 0 Å². The van der Waals surface area contributed by atoms with Gasteiger partial charge in [-0.3, -0.25) is 9.59 Å². The van der Waals surface area contributed by atoms with Gasteiger partial charge in [-0.15, -0.1) is 0 Å². The summed E-state index contributed by atoms with van der Waals surface area (Å²) in [6, 6.07) is 10.2. The summed E-state index contributed by atoms with van der Waals surface area (Å²) >= 11 is 0. The number of aldehydes is 1. The molecule has 3 N–H and O–H groups in total. The zero-order chi connectivity index (χ0) is 14.8. The molecule has 6 nitrogen and oxygen atoms in total. The largest absolute Gasteiger partial charge is 0.399 e. The first kappa shape index (κ1) is 12.9. The van der Waals surface area contributed by atoms with Crippen molar-refractivity contribution in [3.8, 4) is 0 Å². The van der Waals surface area contributed by atoms with E-state index in [2.05, 4.69) is 10.3 Å². The van der Waals surface area contributed by atoms with Crippen molar-refractivity contribution < 1.29 is 9.59 Å². The Morgan fingerprint density at radius 3 is 2.62 bits per heavy atom. The van der Waals surface area contributed by atoms with Gasteiger partial charge in [-0.25, -0.2) is 4.98 Å². The Hall–Kier alpha value is -3.15. The summed E-state index contributed by atoms with van der Waals surface area (Å²) in [6.07, 6.45) is 3.87. The van der Waals surface area contributed by atoms with Crippen LogP contribution >= 0.6 is 0 Å². The summed E-state index contributed by atoms with van der Waals surface area (Å²) < 4.78 is 1.64. The quantitative estimate of drug-likeness (QED) is 0.567. The average Bonchev–Trinajstić information content (AvgIpc) is 2.91. The number of nitrogens with zero attached hydrogens (tertiary/aromatic N) is 2. The van der Waals surface area contributed by atoms with Gasteiger partial charge >= 0.3 is 0 Å². The zero-order valence-electron chi connectivity index (χ0n) is 11.0. The lowest BCUT2D eigenvalue weighted by atomic mass is 10.2. The number of carbonyl (C=O) groups excluding carboxylic acids is 2. The standard InChI is InChI=1S/C15H12N4O2/c16-11-2-4-12(5-3-11)18-15(21)10-1-6-14-17-13(9-20)8-19(14)7-10/h1-9H,16H2,(H,18,21). The van der Waals surface area contributed by atoms with Crippen LogP contribution in [0.4, 0.5) is 11.4 Å². The molecule has 0 atom stereocenters. The van der Waals surface area contributed by atoms with Gasteiger partial charge < -0.3 is 15.5 Å². The fraction of sp³-hybridized carbons (Fsp3) is 0. The summed E-state index contributed by atoms with van der Waals surface area (Å²) in [5, 5.41) is 2.77. The van der Waals surface area contributed by atoms with Gasteiger partial charge in [0.1, 0.15) is 11.3 Å². The van der Waals surface area contributed by atoms with Crippen LogP contribution in [0.2, 0.25) is 0 Å². The maximum atomic E-state index is 12.2. The third-order valence-corrected chi connectivity index (χ3v) is 3.02. The minimum absolute atomic E-state index is 0.247. The molecular formula is C15H12N4O2. The predicted octanol–water partition coefficient (Wildman–Crippen LogP) is 1.98. The van der Waals surface area contributed by atoms with Gasteiger partial charge in [0.25, 0.3) is 5.91 Å². The van der Waals surface area contributed by atoms with Crippen molar-refractivity contribution in [2.45, 2.75) is 0 Å². The van der Waals surface area contributed by atoms with Gasteiger partial charge in [0.2, 0.25) is 0 Å². The molecule has 0 bridgehead atoms. The molecule has 2 heterocycles. The van der Waals surface area contributed by atoms with E-state index in [4.69, 9.17) is 5.73 Å². The maximum Gasteiger partial charge on any atom is 0.257 e. The van der Waals surface area contributed by atoms with Crippen LogP contribution in [0.3, 0.4) is 0 Å². The van der Waals surface area contributed by atoms with E-state index in [-0.39, 0.29) is 5.91 Å². The fourth-order valence-electron chi connectivity index (χ4n) is 1.97. The number of benzene rings is 1. The second kappa shape index (κ2) is 5.09. The fourth-order valence-corrected chi connectivity index (χ4v) is 1.97. The number of fused-ring (bicyclic) bond motifs is 1. The number of carbonyl (C=O) groups is 2. The summed E-state index contributed by atoms with van der Waals surface area (Å²) in [7, 11) is 0. The van der Waals surface area contributed by atoms with E-state index in [1.807, 2.05) is 0 Å². The van der Waals surface area contributed by atoms with Gasteiger partial charge in [0, 0.05) is 23.8 Å². The molecule has 2 aromatic heterocycles. The third kappa shape index (κ3) is 2.59. The molecule has 0 saturated carbocycles. The first-order valence-electron chi connectivity index (χ1n) is 6.26. The zero-order valence-corrected chi connectivity index (χ0v) is 11.0. The minimum atomic E-state index is -0.247. The number of nitrogen functional groups attached to an aromatic ring is 1.